The van der Waals surface area contributed by atoms with Gasteiger partial charge in [0.25, 0.3) is 0 Å². The SMILES string of the molecule is CCCC1=C(C(=O)OCC)C(c2ccsc2)C2=C(CC(C)(C)CC2=O)N1. The van der Waals surface area contributed by atoms with Crippen molar-refractivity contribution >= 4 is 23.1 Å². The van der Waals surface area contributed by atoms with Crippen molar-refractivity contribution in [2.45, 2.75) is 59.3 Å². The summed E-state index contributed by atoms with van der Waals surface area (Å²) in [6, 6.07) is 2.01. The fourth-order valence-electron chi connectivity index (χ4n) is 4.02. The Morgan fingerprint density at radius 3 is 2.73 bits per heavy atom. The summed E-state index contributed by atoms with van der Waals surface area (Å²) < 4.78 is 5.37. The molecule has 1 atom stereocenters. The van der Waals surface area contributed by atoms with E-state index >= 15 is 0 Å². The number of esters is 1. The number of Topliss-reactive ketones (excluding diaryl/α,β-unsaturated/α-hetero) is 1. The molecular formula is C21H27NO3S. The molecule has 0 radical (unpaired) electrons. The van der Waals surface area contributed by atoms with Crippen LogP contribution in [0.1, 0.15) is 64.9 Å². The van der Waals surface area contributed by atoms with Crippen molar-refractivity contribution in [2.75, 3.05) is 6.61 Å². The Morgan fingerprint density at radius 2 is 2.12 bits per heavy atom. The average molecular weight is 374 g/mol. The van der Waals surface area contributed by atoms with E-state index in [-0.39, 0.29) is 23.1 Å². The summed E-state index contributed by atoms with van der Waals surface area (Å²) in [6.07, 6.45) is 3.01. The van der Waals surface area contributed by atoms with Crippen LogP contribution in [0.25, 0.3) is 0 Å². The molecule has 140 valence electrons. The third kappa shape index (κ3) is 3.50. The number of allylic oxidation sites excluding steroid dienone is 3. The van der Waals surface area contributed by atoms with Gasteiger partial charge in [-0.25, -0.2) is 4.79 Å². The highest BCUT2D eigenvalue weighted by Gasteiger charge is 2.43. The van der Waals surface area contributed by atoms with Crippen molar-refractivity contribution in [3.8, 4) is 0 Å². The minimum absolute atomic E-state index is 0.0686. The molecule has 1 aromatic heterocycles. The maximum Gasteiger partial charge on any atom is 0.336 e. The summed E-state index contributed by atoms with van der Waals surface area (Å²) in [4.78, 5) is 25.9. The molecule has 0 aromatic carbocycles. The third-order valence-electron chi connectivity index (χ3n) is 5.00. The van der Waals surface area contributed by atoms with Crippen LogP contribution in [0.15, 0.2) is 39.4 Å². The molecule has 2 heterocycles. The van der Waals surface area contributed by atoms with E-state index < -0.39 is 0 Å². The van der Waals surface area contributed by atoms with Crippen molar-refractivity contribution in [3.63, 3.8) is 0 Å². The number of hydrogen-bond donors (Lipinski definition) is 1. The Hall–Kier alpha value is -1.88. The van der Waals surface area contributed by atoms with E-state index in [0.29, 0.717) is 18.6 Å². The normalized spacial score (nSPS) is 22.2. The van der Waals surface area contributed by atoms with Gasteiger partial charge in [0.15, 0.2) is 5.78 Å². The second-order valence-corrected chi connectivity index (χ2v) is 8.59. The van der Waals surface area contributed by atoms with E-state index in [1.54, 1.807) is 11.3 Å². The Kier molecular flexibility index (Phi) is 5.37. The molecule has 1 unspecified atom stereocenters. The second-order valence-electron chi connectivity index (χ2n) is 7.81. The topological polar surface area (TPSA) is 55.4 Å². The van der Waals surface area contributed by atoms with Crippen LogP contribution in [0.2, 0.25) is 0 Å². The van der Waals surface area contributed by atoms with Gasteiger partial charge >= 0.3 is 5.97 Å². The van der Waals surface area contributed by atoms with Gasteiger partial charge in [-0.1, -0.05) is 27.2 Å². The molecular weight excluding hydrogens is 346 g/mol. The highest BCUT2D eigenvalue weighted by atomic mass is 32.1. The van der Waals surface area contributed by atoms with E-state index in [0.717, 1.165) is 41.8 Å². The number of rotatable bonds is 5. The number of ether oxygens (including phenoxy) is 1. The zero-order valence-electron chi connectivity index (χ0n) is 16.0. The Balaban J connectivity index is 2.17. The highest BCUT2D eigenvalue weighted by molar-refractivity contribution is 7.08. The van der Waals surface area contributed by atoms with Gasteiger partial charge in [0, 0.05) is 29.3 Å². The number of dihydropyridines is 1. The van der Waals surface area contributed by atoms with Crippen molar-refractivity contribution < 1.29 is 14.3 Å². The molecule has 0 saturated carbocycles. The van der Waals surface area contributed by atoms with Crippen LogP contribution in [0.5, 0.6) is 0 Å². The molecule has 1 aliphatic heterocycles. The number of carbonyl (C=O) groups excluding carboxylic acids is 2. The van der Waals surface area contributed by atoms with Gasteiger partial charge in [0.2, 0.25) is 0 Å². The summed E-state index contributed by atoms with van der Waals surface area (Å²) in [5.41, 5.74) is 4.20. The van der Waals surface area contributed by atoms with E-state index in [4.69, 9.17) is 4.74 Å². The Labute approximate surface area is 159 Å². The Bertz CT molecular complexity index is 771. The molecule has 0 fully saturated rings. The molecule has 1 N–H and O–H groups in total. The second kappa shape index (κ2) is 7.39. The van der Waals surface area contributed by atoms with Crippen molar-refractivity contribution in [3.05, 3.63) is 44.9 Å². The minimum Gasteiger partial charge on any atom is -0.463 e. The van der Waals surface area contributed by atoms with Crippen LogP contribution >= 0.6 is 11.3 Å². The van der Waals surface area contributed by atoms with E-state index in [1.807, 2.05) is 23.8 Å². The number of ketones is 1. The van der Waals surface area contributed by atoms with E-state index in [2.05, 4.69) is 26.1 Å². The molecule has 1 aromatic rings. The van der Waals surface area contributed by atoms with Crippen LogP contribution in [0, 0.1) is 5.41 Å². The van der Waals surface area contributed by atoms with Gasteiger partial charge in [-0.2, -0.15) is 11.3 Å². The standard InChI is InChI=1S/C21H27NO3S/c1-5-7-14-19(20(24)25-6-2)17(13-8-9-26-12-13)18-15(22-14)10-21(3,4)11-16(18)23/h8-9,12,17,22H,5-7,10-11H2,1-4H3. The average Bonchev–Trinajstić information content (AvgIpc) is 3.07. The maximum atomic E-state index is 13.1. The van der Waals surface area contributed by atoms with Gasteiger partial charge in [-0.3, -0.25) is 4.79 Å². The lowest BCUT2D eigenvalue weighted by molar-refractivity contribution is -0.138. The summed E-state index contributed by atoms with van der Waals surface area (Å²) >= 11 is 1.59. The minimum atomic E-state index is -0.318. The first-order valence-electron chi connectivity index (χ1n) is 9.33. The summed E-state index contributed by atoms with van der Waals surface area (Å²) in [5.74, 6) is -0.497. The van der Waals surface area contributed by atoms with Gasteiger partial charge < -0.3 is 10.1 Å². The zero-order chi connectivity index (χ0) is 18.9. The van der Waals surface area contributed by atoms with Crippen LogP contribution in [0.4, 0.5) is 0 Å². The number of thiophene rings is 1. The monoisotopic (exact) mass is 373 g/mol. The predicted molar refractivity (Wildman–Crippen MR) is 104 cm³/mol. The van der Waals surface area contributed by atoms with Crippen LogP contribution < -0.4 is 5.32 Å². The Morgan fingerprint density at radius 1 is 1.35 bits per heavy atom. The molecule has 1 aliphatic carbocycles. The van der Waals surface area contributed by atoms with Crippen LogP contribution in [-0.2, 0) is 14.3 Å². The smallest absolute Gasteiger partial charge is 0.336 e. The van der Waals surface area contributed by atoms with Gasteiger partial charge in [0.05, 0.1) is 12.2 Å². The first kappa shape index (κ1) is 18.9. The first-order chi connectivity index (χ1) is 12.4. The lowest BCUT2D eigenvalue weighted by Crippen LogP contribution is -2.39. The van der Waals surface area contributed by atoms with Gasteiger partial charge in [0.1, 0.15) is 0 Å². The molecule has 4 nitrogen and oxygen atoms in total. The summed E-state index contributed by atoms with van der Waals surface area (Å²) in [5, 5.41) is 7.50. The first-order valence-corrected chi connectivity index (χ1v) is 10.3. The number of hydrogen-bond acceptors (Lipinski definition) is 5. The zero-order valence-corrected chi connectivity index (χ0v) is 16.8. The van der Waals surface area contributed by atoms with Crippen molar-refractivity contribution in [2.24, 2.45) is 5.41 Å². The molecule has 0 saturated heterocycles. The van der Waals surface area contributed by atoms with Crippen LogP contribution in [-0.4, -0.2) is 18.4 Å². The molecule has 0 bridgehead atoms. The third-order valence-corrected chi connectivity index (χ3v) is 5.70. The summed E-state index contributed by atoms with van der Waals surface area (Å²) in [7, 11) is 0. The van der Waals surface area contributed by atoms with Crippen LogP contribution in [0.3, 0.4) is 0 Å². The molecule has 2 aliphatic rings. The predicted octanol–water partition coefficient (Wildman–Crippen LogP) is 4.70. The lowest BCUT2D eigenvalue weighted by Gasteiger charge is -2.39. The highest BCUT2D eigenvalue weighted by Crippen LogP contribution is 2.47. The quantitative estimate of drug-likeness (QED) is 0.761. The number of carbonyl (C=O) groups is 2. The number of nitrogens with one attached hydrogen (secondary N) is 1. The molecule has 26 heavy (non-hydrogen) atoms. The fraction of sp³-hybridized carbons (Fsp3) is 0.524. The van der Waals surface area contributed by atoms with E-state index in [9.17, 15) is 9.59 Å². The summed E-state index contributed by atoms with van der Waals surface area (Å²) in [6.45, 7) is 8.48. The fourth-order valence-corrected chi connectivity index (χ4v) is 4.70. The van der Waals surface area contributed by atoms with Crippen molar-refractivity contribution in [1.82, 2.24) is 5.32 Å². The molecule has 5 heteroatoms. The van der Waals surface area contributed by atoms with E-state index in [1.165, 1.54) is 0 Å². The largest absolute Gasteiger partial charge is 0.463 e. The molecule has 0 amide bonds. The molecule has 3 rings (SSSR count). The van der Waals surface area contributed by atoms with Crippen molar-refractivity contribution in [1.29, 1.82) is 0 Å². The lowest BCUT2D eigenvalue weighted by atomic mass is 9.68. The van der Waals surface area contributed by atoms with Gasteiger partial charge in [-0.15, -0.1) is 0 Å². The maximum absolute atomic E-state index is 13.1. The molecule has 0 spiro atoms. The van der Waals surface area contributed by atoms with Gasteiger partial charge in [-0.05, 0) is 47.6 Å².